The summed E-state index contributed by atoms with van der Waals surface area (Å²) in [6, 6.07) is 20.1. The first-order valence-corrected chi connectivity index (χ1v) is 11.0. The lowest BCUT2D eigenvalue weighted by Crippen LogP contribution is -2.14. The van der Waals surface area contributed by atoms with E-state index in [1.165, 1.54) is 0 Å². The Hall–Kier alpha value is -3.29. The third-order valence-corrected chi connectivity index (χ3v) is 6.19. The number of aromatic amines is 1. The lowest BCUT2D eigenvalue weighted by atomic mass is 10.2. The third kappa shape index (κ3) is 4.32. The molecule has 0 saturated carbocycles. The molecule has 0 fully saturated rings. The molecule has 1 heterocycles. The van der Waals surface area contributed by atoms with Crippen LogP contribution >= 0.6 is 11.6 Å². The van der Waals surface area contributed by atoms with Gasteiger partial charge in [0.15, 0.2) is 0 Å². The van der Waals surface area contributed by atoms with E-state index in [1.54, 1.807) is 66.7 Å². The van der Waals surface area contributed by atoms with Crippen molar-refractivity contribution >= 4 is 49.8 Å². The van der Waals surface area contributed by atoms with Crippen LogP contribution in [0.2, 0.25) is 5.02 Å². The molecule has 6 nitrogen and oxygen atoms in total. The van der Waals surface area contributed by atoms with Gasteiger partial charge in [0.2, 0.25) is 0 Å². The lowest BCUT2D eigenvalue weighted by molar-refractivity contribution is 0.102. The second-order valence-corrected chi connectivity index (χ2v) is 8.98. The molecule has 4 aromatic rings. The largest absolute Gasteiger partial charge is 0.351 e. The number of benzene rings is 3. The van der Waals surface area contributed by atoms with E-state index in [0.717, 1.165) is 16.5 Å². The minimum atomic E-state index is -3.68. The maximum Gasteiger partial charge on any atom is 0.272 e. The smallest absolute Gasteiger partial charge is 0.272 e. The zero-order valence-electron chi connectivity index (χ0n) is 15.9. The Bertz CT molecular complexity index is 1330. The molecule has 152 valence electrons. The fourth-order valence-corrected chi connectivity index (χ4v) is 4.22. The summed E-state index contributed by atoms with van der Waals surface area (Å²) in [4.78, 5) is 15.7. The van der Waals surface area contributed by atoms with E-state index < -0.39 is 10.0 Å². The SMILES string of the molecule is Cc1ccc(S(=O)(=O)Nc2ccc(NC(=O)c3cc4cc(Cl)ccc4[nH]3)cc2)cc1. The third-order valence-electron chi connectivity index (χ3n) is 4.55. The summed E-state index contributed by atoms with van der Waals surface area (Å²) in [7, 11) is -3.68. The van der Waals surface area contributed by atoms with Gasteiger partial charge in [0.05, 0.1) is 4.90 Å². The lowest BCUT2D eigenvalue weighted by Gasteiger charge is -2.09. The average molecular weight is 440 g/mol. The first kappa shape index (κ1) is 20.0. The Balaban J connectivity index is 1.46. The highest BCUT2D eigenvalue weighted by molar-refractivity contribution is 7.92. The Morgan fingerprint density at radius 2 is 1.57 bits per heavy atom. The summed E-state index contributed by atoms with van der Waals surface area (Å²) < 4.78 is 27.5. The van der Waals surface area contributed by atoms with Crippen molar-refractivity contribution in [1.29, 1.82) is 0 Å². The van der Waals surface area contributed by atoms with Crippen molar-refractivity contribution in [2.75, 3.05) is 10.0 Å². The number of carbonyl (C=O) groups excluding carboxylic acids is 1. The van der Waals surface area contributed by atoms with Crippen molar-refractivity contribution in [2.45, 2.75) is 11.8 Å². The maximum absolute atomic E-state index is 12.5. The first-order chi connectivity index (χ1) is 14.3. The molecular weight excluding hydrogens is 422 g/mol. The number of H-pyrrole nitrogens is 1. The highest BCUT2D eigenvalue weighted by Gasteiger charge is 2.14. The summed E-state index contributed by atoms with van der Waals surface area (Å²) >= 11 is 5.98. The molecule has 1 aromatic heterocycles. The summed E-state index contributed by atoms with van der Waals surface area (Å²) in [5, 5.41) is 4.22. The number of nitrogens with one attached hydrogen (secondary N) is 3. The number of halogens is 1. The van der Waals surface area contributed by atoms with Gasteiger partial charge in [-0.2, -0.15) is 0 Å². The molecule has 1 amide bonds. The zero-order chi connectivity index (χ0) is 21.3. The van der Waals surface area contributed by atoms with Gasteiger partial charge in [-0.25, -0.2) is 8.42 Å². The molecule has 0 spiro atoms. The summed E-state index contributed by atoms with van der Waals surface area (Å²) in [5.74, 6) is -0.310. The molecular formula is C22H18ClN3O3S. The van der Waals surface area contributed by atoms with Crippen molar-refractivity contribution < 1.29 is 13.2 Å². The highest BCUT2D eigenvalue weighted by atomic mass is 35.5. The fraction of sp³-hybridized carbons (Fsp3) is 0.0455. The van der Waals surface area contributed by atoms with Crippen molar-refractivity contribution in [1.82, 2.24) is 4.98 Å². The second kappa shape index (κ2) is 7.85. The second-order valence-electron chi connectivity index (χ2n) is 6.86. The van der Waals surface area contributed by atoms with Crippen LogP contribution in [0.3, 0.4) is 0 Å². The van der Waals surface area contributed by atoms with Gasteiger partial charge in [0.25, 0.3) is 15.9 Å². The average Bonchev–Trinajstić information content (AvgIpc) is 3.13. The zero-order valence-corrected chi connectivity index (χ0v) is 17.5. The minimum absolute atomic E-state index is 0.185. The quantitative estimate of drug-likeness (QED) is 0.400. The van der Waals surface area contributed by atoms with Gasteiger partial charge >= 0.3 is 0 Å². The van der Waals surface area contributed by atoms with Crippen molar-refractivity contribution in [3.63, 3.8) is 0 Å². The molecule has 4 rings (SSSR count). The molecule has 30 heavy (non-hydrogen) atoms. The van der Waals surface area contributed by atoms with Crippen LogP contribution in [0.15, 0.2) is 77.7 Å². The highest BCUT2D eigenvalue weighted by Crippen LogP contribution is 2.22. The predicted octanol–water partition coefficient (Wildman–Crippen LogP) is 5.18. The monoisotopic (exact) mass is 439 g/mol. The standard InChI is InChI=1S/C22H18ClN3O3S/c1-14-2-9-19(10-3-14)30(28,29)26-18-7-5-17(6-8-18)24-22(27)21-13-15-12-16(23)4-11-20(15)25-21/h2-13,25-26H,1H3,(H,24,27). The van der Waals surface area contributed by atoms with Gasteiger partial charge in [0.1, 0.15) is 5.69 Å². The van der Waals surface area contributed by atoms with E-state index in [0.29, 0.717) is 22.1 Å². The first-order valence-electron chi connectivity index (χ1n) is 9.09. The van der Waals surface area contributed by atoms with Crippen LogP contribution in [0.25, 0.3) is 10.9 Å². The van der Waals surface area contributed by atoms with Crippen molar-refractivity contribution in [3.8, 4) is 0 Å². The summed E-state index contributed by atoms with van der Waals surface area (Å²) in [5.41, 5.74) is 3.12. The Morgan fingerprint density at radius 1 is 0.900 bits per heavy atom. The van der Waals surface area contributed by atoms with Gasteiger partial charge in [-0.3, -0.25) is 9.52 Å². The minimum Gasteiger partial charge on any atom is -0.351 e. The van der Waals surface area contributed by atoms with Crippen molar-refractivity contribution in [2.24, 2.45) is 0 Å². The molecule has 0 aliphatic rings. The Morgan fingerprint density at radius 3 is 2.27 bits per heavy atom. The number of rotatable bonds is 5. The van der Waals surface area contributed by atoms with E-state index in [9.17, 15) is 13.2 Å². The van der Waals surface area contributed by atoms with E-state index in [-0.39, 0.29) is 10.8 Å². The molecule has 0 radical (unpaired) electrons. The molecule has 0 aliphatic carbocycles. The molecule has 3 N–H and O–H groups in total. The van der Waals surface area contributed by atoms with Gasteiger partial charge in [-0.05, 0) is 67.6 Å². The number of hydrogen-bond acceptors (Lipinski definition) is 3. The summed E-state index contributed by atoms with van der Waals surface area (Å²) in [6.07, 6.45) is 0. The molecule has 0 bridgehead atoms. The maximum atomic E-state index is 12.5. The number of sulfonamides is 1. The van der Waals surface area contributed by atoms with Crippen LogP contribution < -0.4 is 10.0 Å². The normalized spacial score (nSPS) is 11.4. The number of aryl methyl sites for hydroxylation is 1. The van der Waals surface area contributed by atoms with E-state index in [1.807, 2.05) is 13.0 Å². The van der Waals surface area contributed by atoms with Gasteiger partial charge in [0, 0.05) is 27.3 Å². The molecule has 0 aliphatic heterocycles. The molecule has 8 heteroatoms. The van der Waals surface area contributed by atoms with Gasteiger partial charge < -0.3 is 10.3 Å². The van der Waals surface area contributed by atoms with Crippen molar-refractivity contribution in [3.05, 3.63) is 89.1 Å². The number of aromatic nitrogens is 1. The van der Waals surface area contributed by atoms with Crippen LogP contribution in [0, 0.1) is 6.92 Å². The predicted molar refractivity (Wildman–Crippen MR) is 120 cm³/mol. The number of anilines is 2. The molecule has 3 aromatic carbocycles. The number of fused-ring (bicyclic) bond motifs is 1. The van der Waals surface area contributed by atoms with Crippen LogP contribution in [0.5, 0.6) is 0 Å². The van der Waals surface area contributed by atoms with Gasteiger partial charge in [-0.15, -0.1) is 0 Å². The summed E-state index contributed by atoms with van der Waals surface area (Å²) in [6.45, 7) is 1.89. The Kier molecular flexibility index (Phi) is 5.24. The van der Waals surface area contributed by atoms with Gasteiger partial charge in [-0.1, -0.05) is 29.3 Å². The van der Waals surface area contributed by atoms with E-state index in [4.69, 9.17) is 11.6 Å². The molecule has 0 atom stereocenters. The van der Waals surface area contributed by atoms with E-state index >= 15 is 0 Å². The molecule has 0 unspecified atom stereocenters. The molecule has 0 saturated heterocycles. The fourth-order valence-electron chi connectivity index (χ4n) is 2.98. The Labute approximate surface area is 178 Å². The van der Waals surface area contributed by atoms with Crippen LogP contribution in [-0.4, -0.2) is 19.3 Å². The topological polar surface area (TPSA) is 91.1 Å². The van der Waals surface area contributed by atoms with Crippen LogP contribution in [0.4, 0.5) is 11.4 Å². The number of hydrogen-bond donors (Lipinski definition) is 3. The number of carbonyl (C=O) groups is 1. The van der Waals surface area contributed by atoms with Crippen LogP contribution in [-0.2, 0) is 10.0 Å². The number of amides is 1. The van der Waals surface area contributed by atoms with E-state index in [2.05, 4.69) is 15.0 Å². The van der Waals surface area contributed by atoms with Crippen LogP contribution in [0.1, 0.15) is 16.1 Å².